The molecule has 0 saturated heterocycles. The van der Waals surface area contributed by atoms with Gasteiger partial charge in [0.1, 0.15) is 0 Å². The van der Waals surface area contributed by atoms with Gasteiger partial charge in [-0.2, -0.15) is 0 Å². The standard InChI is InChI=1S/C11H17NO3/c1-6-4-8(9(13)5-12)11(15-3)10(14)7(6)2/h4,9,13-14H,5,12H2,1-3H3. The van der Waals surface area contributed by atoms with Crippen LogP contribution in [0.25, 0.3) is 0 Å². The number of aromatic hydroxyl groups is 1. The summed E-state index contributed by atoms with van der Waals surface area (Å²) in [5, 5.41) is 19.5. The molecule has 0 aromatic heterocycles. The van der Waals surface area contributed by atoms with Gasteiger partial charge in [-0.25, -0.2) is 0 Å². The summed E-state index contributed by atoms with van der Waals surface area (Å²) in [6.07, 6.45) is -0.815. The zero-order valence-electron chi connectivity index (χ0n) is 9.24. The van der Waals surface area contributed by atoms with E-state index in [1.165, 1.54) is 7.11 Å². The zero-order valence-corrected chi connectivity index (χ0v) is 9.24. The van der Waals surface area contributed by atoms with Crippen molar-refractivity contribution in [3.63, 3.8) is 0 Å². The third-order valence-electron chi connectivity index (χ3n) is 2.58. The Balaban J connectivity index is 3.38. The summed E-state index contributed by atoms with van der Waals surface area (Å²) < 4.78 is 5.07. The number of phenols is 1. The number of nitrogens with two attached hydrogens (primary N) is 1. The molecule has 0 aliphatic rings. The molecule has 0 aliphatic carbocycles. The smallest absolute Gasteiger partial charge is 0.166 e. The van der Waals surface area contributed by atoms with Crippen LogP contribution in [-0.4, -0.2) is 23.9 Å². The van der Waals surface area contributed by atoms with Crippen molar-refractivity contribution in [3.8, 4) is 11.5 Å². The maximum atomic E-state index is 9.83. The predicted molar refractivity (Wildman–Crippen MR) is 58.1 cm³/mol. The molecule has 0 fully saturated rings. The van der Waals surface area contributed by atoms with Crippen LogP contribution in [-0.2, 0) is 0 Å². The third-order valence-corrected chi connectivity index (χ3v) is 2.58. The Hall–Kier alpha value is -1.26. The van der Waals surface area contributed by atoms with Gasteiger partial charge >= 0.3 is 0 Å². The summed E-state index contributed by atoms with van der Waals surface area (Å²) in [4.78, 5) is 0. The van der Waals surface area contributed by atoms with Crippen LogP contribution in [0.15, 0.2) is 6.07 Å². The Morgan fingerprint density at radius 3 is 2.53 bits per heavy atom. The molecule has 4 N–H and O–H groups in total. The normalized spacial score (nSPS) is 12.6. The Kier molecular flexibility index (Phi) is 3.55. The molecular formula is C11H17NO3. The van der Waals surface area contributed by atoms with Crippen LogP contribution in [0, 0.1) is 13.8 Å². The van der Waals surface area contributed by atoms with Crippen LogP contribution in [0.3, 0.4) is 0 Å². The number of phenolic OH excluding ortho intramolecular Hbond substituents is 1. The highest BCUT2D eigenvalue weighted by atomic mass is 16.5. The molecule has 1 unspecified atom stereocenters. The van der Waals surface area contributed by atoms with Crippen molar-refractivity contribution in [2.45, 2.75) is 20.0 Å². The lowest BCUT2D eigenvalue weighted by Gasteiger charge is -2.17. The topological polar surface area (TPSA) is 75.7 Å². The van der Waals surface area contributed by atoms with Crippen molar-refractivity contribution in [2.24, 2.45) is 5.73 Å². The average molecular weight is 211 g/mol. The number of aliphatic hydroxyl groups is 1. The molecular weight excluding hydrogens is 194 g/mol. The van der Waals surface area contributed by atoms with Crippen molar-refractivity contribution < 1.29 is 14.9 Å². The van der Waals surface area contributed by atoms with Crippen LogP contribution < -0.4 is 10.5 Å². The van der Waals surface area contributed by atoms with Gasteiger partial charge < -0.3 is 20.7 Å². The molecule has 1 aromatic carbocycles. The number of rotatable bonds is 3. The minimum absolute atomic E-state index is 0.0694. The molecule has 1 aromatic rings. The van der Waals surface area contributed by atoms with Gasteiger partial charge in [0.25, 0.3) is 0 Å². The minimum Gasteiger partial charge on any atom is -0.504 e. The second-order valence-corrected chi connectivity index (χ2v) is 3.54. The highest BCUT2D eigenvalue weighted by Gasteiger charge is 2.18. The molecule has 0 spiro atoms. The van der Waals surface area contributed by atoms with E-state index in [9.17, 15) is 10.2 Å². The van der Waals surface area contributed by atoms with Gasteiger partial charge in [-0.3, -0.25) is 0 Å². The number of hydrogen-bond donors (Lipinski definition) is 3. The van der Waals surface area contributed by atoms with Gasteiger partial charge in [0.15, 0.2) is 11.5 Å². The summed E-state index contributed by atoms with van der Waals surface area (Å²) in [6.45, 7) is 3.76. The number of hydrogen-bond acceptors (Lipinski definition) is 4. The van der Waals surface area contributed by atoms with Crippen molar-refractivity contribution >= 4 is 0 Å². The minimum atomic E-state index is -0.815. The van der Waals surface area contributed by atoms with E-state index in [-0.39, 0.29) is 12.3 Å². The van der Waals surface area contributed by atoms with E-state index in [1.54, 1.807) is 13.0 Å². The molecule has 1 rings (SSSR count). The van der Waals surface area contributed by atoms with Crippen LogP contribution in [0.5, 0.6) is 11.5 Å². The van der Waals surface area contributed by atoms with E-state index in [1.807, 2.05) is 6.92 Å². The lowest BCUT2D eigenvalue weighted by atomic mass is 10.00. The average Bonchev–Trinajstić information content (AvgIpc) is 2.24. The van der Waals surface area contributed by atoms with Gasteiger partial charge in [-0.1, -0.05) is 0 Å². The first-order valence-corrected chi connectivity index (χ1v) is 4.78. The molecule has 0 amide bonds. The molecule has 0 aliphatic heterocycles. The highest BCUT2D eigenvalue weighted by Crippen LogP contribution is 2.38. The number of ether oxygens (including phenoxy) is 1. The first-order chi connectivity index (χ1) is 7.02. The highest BCUT2D eigenvalue weighted by molar-refractivity contribution is 5.54. The quantitative estimate of drug-likeness (QED) is 0.697. The SMILES string of the molecule is COc1c(C(O)CN)cc(C)c(C)c1O. The van der Waals surface area contributed by atoms with Crippen LogP contribution in [0.2, 0.25) is 0 Å². The van der Waals surface area contributed by atoms with Crippen molar-refractivity contribution in [2.75, 3.05) is 13.7 Å². The summed E-state index contributed by atoms with van der Waals surface area (Å²) in [5.74, 6) is 0.371. The van der Waals surface area contributed by atoms with E-state index in [0.717, 1.165) is 11.1 Å². The molecule has 84 valence electrons. The fourth-order valence-electron chi connectivity index (χ4n) is 1.49. The van der Waals surface area contributed by atoms with Gasteiger partial charge in [0.2, 0.25) is 0 Å². The molecule has 0 bridgehead atoms. The lowest BCUT2D eigenvalue weighted by molar-refractivity contribution is 0.181. The summed E-state index contributed by atoms with van der Waals surface area (Å²) in [5.41, 5.74) is 7.56. The van der Waals surface area contributed by atoms with Crippen molar-refractivity contribution in [1.82, 2.24) is 0 Å². The summed E-state index contributed by atoms with van der Waals surface area (Å²) in [6, 6.07) is 1.78. The predicted octanol–water partition coefficient (Wildman–Crippen LogP) is 1.01. The van der Waals surface area contributed by atoms with Gasteiger partial charge in [0, 0.05) is 12.1 Å². The molecule has 4 heteroatoms. The maximum absolute atomic E-state index is 9.83. The fourth-order valence-corrected chi connectivity index (χ4v) is 1.49. The van der Waals surface area contributed by atoms with E-state index >= 15 is 0 Å². The second kappa shape index (κ2) is 4.51. The molecule has 15 heavy (non-hydrogen) atoms. The number of aliphatic hydroxyl groups excluding tert-OH is 1. The Morgan fingerprint density at radius 1 is 1.47 bits per heavy atom. The number of aryl methyl sites for hydroxylation is 1. The Morgan fingerprint density at radius 2 is 2.07 bits per heavy atom. The largest absolute Gasteiger partial charge is 0.504 e. The number of benzene rings is 1. The lowest BCUT2D eigenvalue weighted by Crippen LogP contribution is -2.13. The Labute approximate surface area is 89.3 Å². The monoisotopic (exact) mass is 211 g/mol. The first kappa shape index (κ1) is 11.8. The molecule has 0 saturated carbocycles. The van der Waals surface area contributed by atoms with E-state index < -0.39 is 6.10 Å². The van der Waals surface area contributed by atoms with Crippen LogP contribution >= 0.6 is 0 Å². The van der Waals surface area contributed by atoms with Crippen molar-refractivity contribution in [1.29, 1.82) is 0 Å². The third kappa shape index (κ3) is 2.06. The van der Waals surface area contributed by atoms with Crippen molar-refractivity contribution in [3.05, 3.63) is 22.8 Å². The van der Waals surface area contributed by atoms with E-state index in [2.05, 4.69) is 0 Å². The summed E-state index contributed by atoms with van der Waals surface area (Å²) in [7, 11) is 1.45. The second-order valence-electron chi connectivity index (χ2n) is 3.54. The molecule has 0 heterocycles. The zero-order chi connectivity index (χ0) is 11.6. The fraction of sp³-hybridized carbons (Fsp3) is 0.455. The van der Waals surface area contributed by atoms with Gasteiger partial charge in [-0.15, -0.1) is 0 Å². The van der Waals surface area contributed by atoms with Crippen LogP contribution in [0.4, 0.5) is 0 Å². The molecule has 0 radical (unpaired) electrons. The van der Waals surface area contributed by atoms with E-state index in [0.29, 0.717) is 11.3 Å². The molecule has 1 atom stereocenters. The number of methoxy groups -OCH3 is 1. The van der Waals surface area contributed by atoms with Gasteiger partial charge in [-0.05, 0) is 31.0 Å². The molecule has 4 nitrogen and oxygen atoms in total. The van der Waals surface area contributed by atoms with Gasteiger partial charge in [0.05, 0.1) is 13.2 Å². The maximum Gasteiger partial charge on any atom is 0.166 e. The first-order valence-electron chi connectivity index (χ1n) is 4.78. The summed E-state index contributed by atoms with van der Waals surface area (Å²) >= 11 is 0. The Bertz CT molecular complexity index is 363. The van der Waals surface area contributed by atoms with Crippen LogP contribution in [0.1, 0.15) is 22.8 Å². The van der Waals surface area contributed by atoms with E-state index in [4.69, 9.17) is 10.5 Å².